The van der Waals surface area contributed by atoms with E-state index in [2.05, 4.69) is 4.74 Å². The topological polar surface area (TPSA) is 72.5 Å². The molecule has 0 saturated carbocycles. The zero-order chi connectivity index (χ0) is 11.4. The van der Waals surface area contributed by atoms with Crippen molar-refractivity contribution in [2.24, 2.45) is 5.73 Å². The third-order valence-electron chi connectivity index (χ3n) is 1.99. The van der Waals surface area contributed by atoms with Crippen LogP contribution in [0.1, 0.15) is 5.56 Å². The second-order valence-corrected chi connectivity index (χ2v) is 3.11. The normalized spacial score (nSPS) is 12.2. The van der Waals surface area contributed by atoms with Gasteiger partial charge in [0.1, 0.15) is 17.6 Å². The number of hydrogen-bond acceptors (Lipinski definition) is 4. The highest BCUT2D eigenvalue weighted by molar-refractivity contribution is 5.75. The van der Waals surface area contributed by atoms with E-state index in [4.69, 9.17) is 5.73 Å². The third kappa shape index (κ3) is 2.92. The first-order valence-corrected chi connectivity index (χ1v) is 4.35. The maximum Gasteiger partial charge on any atom is 0.322 e. The molecular weight excluding hydrogens is 201 g/mol. The summed E-state index contributed by atoms with van der Waals surface area (Å²) in [6.07, 6.45) is 0.110. The van der Waals surface area contributed by atoms with Crippen LogP contribution in [0.2, 0.25) is 0 Å². The number of hydrogen-bond donors (Lipinski definition) is 2. The number of carbonyl (C=O) groups excluding carboxylic acids is 1. The number of halogens is 1. The van der Waals surface area contributed by atoms with Crippen molar-refractivity contribution < 1.29 is 19.0 Å². The Balaban J connectivity index is 2.76. The van der Waals surface area contributed by atoms with E-state index in [-0.39, 0.29) is 12.2 Å². The fourth-order valence-electron chi connectivity index (χ4n) is 1.18. The zero-order valence-electron chi connectivity index (χ0n) is 8.24. The number of phenols is 1. The van der Waals surface area contributed by atoms with Crippen LogP contribution in [0.15, 0.2) is 18.2 Å². The van der Waals surface area contributed by atoms with E-state index >= 15 is 0 Å². The molecule has 0 aromatic heterocycles. The summed E-state index contributed by atoms with van der Waals surface area (Å²) in [5.74, 6) is -1.32. The van der Waals surface area contributed by atoms with E-state index in [0.717, 1.165) is 6.07 Å². The largest absolute Gasteiger partial charge is 0.508 e. The highest BCUT2D eigenvalue weighted by Crippen LogP contribution is 2.19. The molecule has 15 heavy (non-hydrogen) atoms. The molecule has 0 amide bonds. The number of ether oxygens (including phenoxy) is 1. The molecule has 0 heterocycles. The van der Waals surface area contributed by atoms with Gasteiger partial charge in [-0.1, -0.05) is 6.07 Å². The fourth-order valence-corrected chi connectivity index (χ4v) is 1.18. The molecule has 82 valence electrons. The Morgan fingerprint density at radius 2 is 2.33 bits per heavy atom. The van der Waals surface area contributed by atoms with Gasteiger partial charge in [0, 0.05) is 12.5 Å². The maximum atomic E-state index is 12.6. The number of phenolic OH excluding ortho intramolecular Hbond substituents is 1. The predicted molar refractivity (Wildman–Crippen MR) is 51.8 cm³/mol. The molecule has 0 unspecified atom stereocenters. The molecule has 1 atom stereocenters. The minimum atomic E-state index is -0.855. The molecule has 1 aromatic rings. The molecule has 3 N–H and O–H groups in total. The number of carbonyl (C=O) groups is 1. The van der Waals surface area contributed by atoms with Crippen molar-refractivity contribution in [2.45, 2.75) is 12.5 Å². The van der Waals surface area contributed by atoms with Gasteiger partial charge in [-0.3, -0.25) is 4.79 Å². The number of benzene rings is 1. The number of rotatable bonds is 3. The van der Waals surface area contributed by atoms with Crippen molar-refractivity contribution >= 4 is 5.97 Å². The van der Waals surface area contributed by atoms with Gasteiger partial charge in [-0.15, -0.1) is 0 Å². The summed E-state index contributed by atoms with van der Waals surface area (Å²) in [6, 6.07) is 2.69. The summed E-state index contributed by atoms with van der Waals surface area (Å²) in [5, 5.41) is 9.35. The predicted octanol–water partition coefficient (Wildman–Crippen LogP) is 0.574. The monoisotopic (exact) mass is 213 g/mol. The van der Waals surface area contributed by atoms with E-state index in [0.29, 0.717) is 5.56 Å². The van der Waals surface area contributed by atoms with E-state index in [9.17, 15) is 14.3 Å². The molecule has 4 nitrogen and oxygen atoms in total. The van der Waals surface area contributed by atoms with Crippen molar-refractivity contribution in [2.75, 3.05) is 7.11 Å². The van der Waals surface area contributed by atoms with E-state index in [1.165, 1.54) is 19.2 Å². The minimum absolute atomic E-state index is 0.110. The Hall–Kier alpha value is -1.62. The van der Waals surface area contributed by atoms with Gasteiger partial charge in [0.2, 0.25) is 0 Å². The van der Waals surface area contributed by atoms with Gasteiger partial charge >= 0.3 is 5.97 Å². The van der Waals surface area contributed by atoms with Gasteiger partial charge in [-0.25, -0.2) is 4.39 Å². The average Bonchev–Trinajstić information content (AvgIpc) is 2.20. The van der Waals surface area contributed by atoms with Gasteiger partial charge in [-0.05, 0) is 11.6 Å². The third-order valence-corrected chi connectivity index (χ3v) is 1.99. The molecule has 1 rings (SSSR count). The number of aromatic hydroxyl groups is 1. The van der Waals surface area contributed by atoms with Gasteiger partial charge in [0.05, 0.1) is 7.11 Å². The first kappa shape index (κ1) is 11.5. The van der Waals surface area contributed by atoms with Crippen molar-refractivity contribution in [3.63, 3.8) is 0 Å². The smallest absolute Gasteiger partial charge is 0.322 e. The quantitative estimate of drug-likeness (QED) is 0.720. The van der Waals surface area contributed by atoms with Crippen LogP contribution in [0.4, 0.5) is 4.39 Å². The zero-order valence-corrected chi connectivity index (χ0v) is 8.24. The van der Waals surface area contributed by atoms with Gasteiger partial charge in [0.15, 0.2) is 0 Å². The van der Waals surface area contributed by atoms with Crippen LogP contribution in [0, 0.1) is 5.82 Å². The minimum Gasteiger partial charge on any atom is -0.508 e. The Morgan fingerprint density at radius 3 is 2.87 bits per heavy atom. The summed E-state index contributed by atoms with van der Waals surface area (Å²) < 4.78 is 17.1. The lowest BCUT2D eigenvalue weighted by atomic mass is 10.1. The van der Waals surface area contributed by atoms with Crippen LogP contribution in [-0.4, -0.2) is 24.2 Å². The lowest BCUT2D eigenvalue weighted by Gasteiger charge is -2.10. The van der Waals surface area contributed by atoms with Crippen LogP contribution in [-0.2, 0) is 16.0 Å². The second-order valence-electron chi connectivity index (χ2n) is 3.11. The molecule has 1 aromatic carbocycles. The van der Waals surface area contributed by atoms with Crippen molar-refractivity contribution in [3.05, 3.63) is 29.6 Å². The van der Waals surface area contributed by atoms with E-state index in [1.54, 1.807) is 0 Å². The van der Waals surface area contributed by atoms with Crippen molar-refractivity contribution in [1.29, 1.82) is 0 Å². The molecule has 0 spiro atoms. The first-order chi connectivity index (χ1) is 7.04. The molecule has 0 saturated heterocycles. The van der Waals surface area contributed by atoms with Crippen molar-refractivity contribution in [3.8, 4) is 5.75 Å². The number of methoxy groups -OCH3 is 1. The lowest BCUT2D eigenvalue weighted by Crippen LogP contribution is -2.33. The SMILES string of the molecule is COC(=O)[C@@H](N)Cc1ccc(F)cc1O. The molecule has 0 radical (unpaired) electrons. The van der Waals surface area contributed by atoms with Crippen LogP contribution in [0.5, 0.6) is 5.75 Å². The van der Waals surface area contributed by atoms with Gasteiger partial charge in [0.25, 0.3) is 0 Å². The van der Waals surface area contributed by atoms with Gasteiger partial charge < -0.3 is 15.6 Å². The van der Waals surface area contributed by atoms with Crippen LogP contribution < -0.4 is 5.73 Å². The molecule has 5 heteroatoms. The molecule has 0 aliphatic carbocycles. The first-order valence-electron chi connectivity index (χ1n) is 4.35. The molecule has 0 bridgehead atoms. The summed E-state index contributed by atoms with van der Waals surface area (Å²) in [7, 11) is 1.23. The Labute approximate surface area is 86.5 Å². The standard InChI is InChI=1S/C10H12FNO3/c1-15-10(14)8(12)4-6-2-3-7(11)5-9(6)13/h2-3,5,8,13H,4,12H2,1H3/t8-/m0/s1. The van der Waals surface area contributed by atoms with Crippen LogP contribution >= 0.6 is 0 Å². The van der Waals surface area contributed by atoms with E-state index < -0.39 is 17.8 Å². The van der Waals surface area contributed by atoms with Crippen molar-refractivity contribution in [1.82, 2.24) is 0 Å². The Kier molecular flexibility index (Phi) is 3.62. The highest BCUT2D eigenvalue weighted by Gasteiger charge is 2.16. The molecule has 0 fully saturated rings. The van der Waals surface area contributed by atoms with Gasteiger partial charge in [-0.2, -0.15) is 0 Å². The number of esters is 1. The summed E-state index contributed by atoms with van der Waals surface area (Å²) in [5.41, 5.74) is 5.90. The second kappa shape index (κ2) is 4.75. The maximum absolute atomic E-state index is 12.6. The molecular formula is C10H12FNO3. The number of nitrogens with two attached hydrogens (primary N) is 1. The van der Waals surface area contributed by atoms with Crippen LogP contribution in [0.25, 0.3) is 0 Å². The summed E-state index contributed by atoms with van der Waals surface area (Å²) in [6.45, 7) is 0. The highest BCUT2D eigenvalue weighted by atomic mass is 19.1. The Morgan fingerprint density at radius 1 is 1.67 bits per heavy atom. The average molecular weight is 213 g/mol. The summed E-state index contributed by atoms with van der Waals surface area (Å²) in [4.78, 5) is 11.0. The summed E-state index contributed by atoms with van der Waals surface area (Å²) >= 11 is 0. The van der Waals surface area contributed by atoms with Crippen LogP contribution in [0.3, 0.4) is 0 Å². The lowest BCUT2D eigenvalue weighted by molar-refractivity contribution is -0.142. The fraction of sp³-hybridized carbons (Fsp3) is 0.300. The molecule has 0 aliphatic heterocycles. The van der Waals surface area contributed by atoms with E-state index in [1.807, 2.05) is 0 Å². The molecule has 0 aliphatic rings. The Bertz CT molecular complexity index is 368.